The van der Waals surface area contributed by atoms with Crippen LogP contribution in [0.4, 0.5) is 5.69 Å². The van der Waals surface area contributed by atoms with Gasteiger partial charge < -0.3 is 4.90 Å². The van der Waals surface area contributed by atoms with Crippen molar-refractivity contribution >= 4 is 23.4 Å². The number of benzene rings is 1. The van der Waals surface area contributed by atoms with E-state index in [4.69, 9.17) is 0 Å². The Kier molecular flexibility index (Phi) is 4.21. The Morgan fingerprint density at radius 1 is 1.37 bits per heavy atom. The van der Waals surface area contributed by atoms with Gasteiger partial charge in [-0.25, -0.2) is 0 Å². The molecule has 0 bridgehead atoms. The Bertz CT molecular complexity index is 461. The Balaban J connectivity index is 2.28. The van der Waals surface area contributed by atoms with Gasteiger partial charge in [-0.3, -0.25) is 10.1 Å². The molecule has 1 atom stereocenters. The van der Waals surface area contributed by atoms with Crippen LogP contribution in [-0.4, -0.2) is 30.6 Å². The summed E-state index contributed by atoms with van der Waals surface area (Å²) in [5.74, 6) is 1.88. The lowest BCUT2D eigenvalue weighted by Crippen LogP contribution is -2.43. The molecule has 3 nitrogen and oxygen atoms in total. The second kappa shape index (κ2) is 5.55. The molecule has 1 aliphatic heterocycles. The van der Waals surface area contributed by atoms with Crippen LogP contribution in [0.5, 0.6) is 0 Å². The van der Waals surface area contributed by atoms with Gasteiger partial charge in [-0.2, -0.15) is 0 Å². The highest BCUT2D eigenvalue weighted by molar-refractivity contribution is 7.99. The van der Waals surface area contributed by atoms with Crippen molar-refractivity contribution in [3.8, 4) is 0 Å². The molecule has 1 unspecified atom stereocenters. The molecule has 4 heteroatoms. The molecule has 0 radical (unpaired) electrons. The monoisotopic (exact) mass is 278 g/mol. The van der Waals surface area contributed by atoms with E-state index in [1.165, 1.54) is 5.56 Å². The van der Waals surface area contributed by atoms with Crippen molar-refractivity contribution in [1.82, 2.24) is 5.32 Å². The van der Waals surface area contributed by atoms with Crippen LogP contribution in [0.1, 0.15) is 26.3 Å². The first kappa shape index (κ1) is 14.4. The molecule has 1 amide bonds. The lowest BCUT2D eigenvalue weighted by atomic mass is 9.85. The quantitative estimate of drug-likeness (QED) is 0.902. The average Bonchev–Trinajstić information content (AvgIpc) is 2.90. The topological polar surface area (TPSA) is 32.3 Å². The fourth-order valence-corrected chi connectivity index (χ4v) is 3.24. The molecule has 1 aromatic carbocycles. The highest BCUT2D eigenvalue weighted by Gasteiger charge is 2.28. The standard InChI is InChI=1S/C15H22N2OS/c1-15(2,3)11-7-5-6-8-13(11)17(4)14(18)12-9-19-10-16-12/h5-8,12,16H,9-10H2,1-4H3. The number of nitrogens with zero attached hydrogens (tertiary/aromatic N) is 1. The molecular formula is C15H22N2OS. The molecule has 2 rings (SSSR count). The van der Waals surface area contributed by atoms with Crippen molar-refractivity contribution in [2.24, 2.45) is 0 Å². The number of amides is 1. The van der Waals surface area contributed by atoms with E-state index in [1.807, 2.05) is 25.2 Å². The maximum atomic E-state index is 12.5. The van der Waals surface area contributed by atoms with E-state index in [9.17, 15) is 4.79 Å². The number of hydrogen-bond donors (Lipinski definition) is 1. The molecule has 104 valence electrons. The van der Waals surface area contributed by atoms with Crippen LogP contribution >= 0.6 is 11.8 Å². The van der Waals surface area contributed by atoms with E-state index in [1.54, 1.807) is 16.7 Å². The summed E-state index contributed by atoms with van der Waals surface area (Å²) in [6.07, 6.45) is 0. The minimum absolute atomic E-state index is 0.0307. The molecule has 0 saturated carbocycles. The first-order valence-corrected chi connectivity index (χ1v) is 7.75. The Hall–Kier alpha value is -1.00. The molecule has 1 saturated heterocycles. The van der Waals surface area contributed by atoms with Crippen molar-refractivity contribution < 1.29 is 4.79 Å². The number of thioether (sulfide) groups is 1. The number of rotatable bonds is 2. The summed E-state index contributed by atoms with van der Waals surface area (Å²) < 4.78 is 0. The van der Waals surface area contributed by atoms with Gasteiger partial charge in [0.15, 0.2) is 0 Å². The maximum Gasteiger partial charge on any atom is 0.244 e. The lowest BCUT2D eigenvalue weighted by molar-refractivity contribution is -0.119. The van der Waals surface area contributed by atoms with Gasteiger partial charge in [-0.05, 0) is 17.0 Å². The average molecular weight is 278 g/mol. The van der Waals surface area contributed by atoms with Gasteiger partial charge in [0, 0.05) is 24.4 Å². The zero-order valence-corrected chi connectivity index (χ0v) is 12.9. The summed E-state index contributed by atoms with van der Waals surface area (Å²) in [6.45, 7) is 6.52. The molecule has 1 N–H and O–H groups in total. The van der Waals surface area contributed by atoms with E-state index in [2.05, 4.69) is 32.2 Å². The van der Waals surface area contributed by atoms with Crippen LogP contribution in [0.25, 0.3) is 0 Å². The van der Waals surface area contributed by atoms with Crippen LogP contribution < -0.4 is 10.2 Å². The van der Waals surface area contributed by atoms with Gasteiger partial charge in [0.2, 0.25) is 5.91 Å². The number of carbonyl (C=O) groups is 1. The molecule has 1 aliphatic rings. The molecule has 0 aliphatic carbocycles. The summed E-state index contributed by atoms with van der Waals surface area (Å²) in [5, 5.41) is 3.24. The van der Waals surface area contributed by atoms with E-state index in [-0.39, 0.29) is 17.4 Å². The smallest absolute Gasteiger partial charge is 0.244 e. The summed E-state index contributed by atoms with van der Waals surface area (Å²) >= 11 is 1.77. The van der Waals surface area contributed by atoms with Gasteiger partial charge in [-0.15, -0.1) is 11.8 Å². The van der Waals surface area contributed by atoms with Gasteiger partial charge in [-0.1, -0.05) is 39.0 Å². The predicted octanol–water partition coefficient (Wildman–Crippen LogP) is 2.61. The highest BCUT2D eigenvalue weighted by atomic mass is 32.2. The van der Waals surface area contributed by atoms with E-state index in [0.29, 0.717) is 0 Å². The number of hydrogen-bond acceptors (Lipinski definition) is 3. The molecule has 19 heavy (non-hydrogen) atoms. The number of carbonyl (C=O) groups excluding carboxylic acids is 1. The Labute approximate surface area is 119 Å². The van der Waals surface area contributed by atoms with Crippen LogP contribution in [0.2, 0.25) is 0 Å². The van der Waals surface area contributed by atoms with Crippen molar-refractivity contribution in [3.63, 3.8) is 0 Å². The van der Waals surface area contributed by atoms with Gasteiger partial charge in [0.1, 0.15) is 0 Å². The van der Waals surface area contributed by atoms with Crippen LogP contribution in [0.3, 0.4) is 0 Å². The van der Waals surface area contributed by atoms with Gasteiger partial charge in [0.25, 0.3) is 0 Å². The molecular weight excluding hydrogens is 256 g/mol. The minimum atomic E-state index is -0.0528. The Morgan fingerprint density at radius 3 is 2.63 bits per heavy atom. The van der Waals surface area contributed by atoms with Crippen LogP contribution in [0.15, 0.2) is 24.3 Å². The lowest BCUT2D eigenvalue weighted by Gasteiger charge is -2.29. The van der Waals surface area contributed by atoms with Crippen molar-refractivity contribution in [1.29, 1.82) is 0 Å². The number of para-hydroxylation sites is 1. The zero-order chi connectivity index (χ0) is 14.0. The molecule has 1 heterocycles. The van der Waals surface area contributed by atoms with Crippen LogP contribution in [0, 0.1) is 0 Å². The SMILES string of the molecule is CN(C(=O)C1CSCN1)c1ccccc1C(C)(C)C. The second-order valence-electron chi connectivity index (χ2n) is 5.94. The fourth-order valence-electron chi connectivity index (χ4n) is 2.31. The zero-order valence-electron chi connectivity index (χ0n) is 12.1. The Morgan fingerprint density at radius 2 is 2.05 bits per heavy atom. The first-order chi connectivity index (χ1) is 8.91. The highest BCUT2D eigenvalue weighted by Crippen LogP contribution is 2.31. The molecule has 1 fully saturated rings. The van der Waals surface area contributed by atoms with Crippen LogP contribution in [-0.2, 0) is 10.2 Å². The third kappa shape index (κ3) is 3.12. The summed E-state index contributed by atoms with van der Waals surface area (Å²) in [7, 11) is 1.87. The minimum Gasteiger partial charge on any atom is -0.314 e. The number of nitrogens with one attached hydrogen (secondary N) is 1. The van der Waals surface area contributed by atoms with E-state index in [0.717, 1.165) is 17.3 Å². The largest absolute Gasteiger partial charge is 0.314 e. The summed E-state index contributed by atoms with van der Waals surface area (Å²) in [5.41, 5.74) is 2.25. The van der Waals surface area contributed by atoms with Crippen molar-refractivity contribution in [3.05, 3.63) is 29.8 Å². The third-order valence-corrected chi connectivity index (χ3v) is 4.36. The van der Waals surface area contributed by atoms with Crippen molar-refractivity contribution in [2.45, 2.75) is 32.2 Å². The molecule has 1 aromatic rings. The van der Waals surface area contributed by atoms with Gasteiger partial charge in [0.05, 0.1) is 6.04 Å². The first-order valence-electron chi connectivity index (χ1n) is 6.59. The van der Waals surface area contributed by atoms with E-state index >= 15 is 0 Å². The van der Waals surface area contributed by atoms with Gasteiger partial charge >= 0.3 is 0 Å². The summed E-state index contributed by atoms with van der Waals surface area (Å²) in [6, 6.07) is 8.11. The molecule has 0 spiro atoms. The maximum absolute atomic E-state index is 12.5. The number of likely N-dealkylation sites (N-methyl/N-ethyl adjacent to an activating group) is 1. The van der Waals surface area contributed by atoms with E-state index < -0.39 is 0 Å². The third-order valence-electron chi connectivity index (χ3n) is 3.42. The molecule has 0 aromatic heterocycles. The normalized spacial score (nSPS) is 19.5. The summed E-state index contributed by atoms with van der Waals surface area (Å²) in [4.78, 5) is 14.3. The van der Waals surface area contributed by atoms with Crippen molar-refractivity contribution in [2.75, 3.05) is 23.6 Å². The predicted molar refractivity (Wildman–Crippen MR) is 82.8 cm³/mol. The second-order valence-corrected chi connectivity index (χ2v) is 6.97. The number of anilines is 1. The fraction of sp³-hybridized carbons (Fsp3) is 0.533.